The van der Waals surface area contributed by atoms with Gasteiger partial charge in [0.05, 0.1) is 53.4 Å². The molecule has 0 aromatic carbocycles. The summed E-state index contributed by atoms with van der Waals surface area (Å²) in [5, 5.41) is 6.25. The molecule has 0 aliphatic carbocycles. The zero-order valence-electron chi connectivity index (χ0n) is 19.9. The highest BCUT2D eigenvalue weighted by Gasteiger charge is 2.21. The predicted molar refractivity (Wildman–Crippen MR) is 141 cm³/mol. The molecule has 0 spiro atoms. The number of rotatable bonds is 8. The van der Waals surface area contributed by atoms with Gasteiger partial charge in [0.25, 0.3) is 5.56 Å². The summed E-state index contributed by atoms with van der Waals surface area (Å²) in [6.45, 7) is 4.82. The Morgan fingerprint density at radius 3 is 3.00 bits per heavy atom. The lowest BCUT2D eigenvalue weighted by atomic mass is 10.2. The highest BCUT2D eigenvalue weighted by Crippen LogP contribution is 2.29. The van der Waals surface area contributed by atoms with Crippen molar-refractivity contribution >= 4 is 46.9 Å². The lowest BCUT2D eigenvalue weighted by Gasteiger charge is -2.33. The number of fused-ring (bicyclic) bond motifs is 2. The Labute approximate surface area is 219 Å². The van der Waals surface area contributed by atoms with Crippen LogP contribution in [0.25, 0.3) is 11.0 Å². The number of ether oxygens (including phenoxy) is 2. The highest BCUT2D eigenvalue weighted by atomic mass is 35.5. The Morgan fingerprint density at radius 2 is 2.14 bits per heavy atom. The van der Waals surface area contributed by atoms with Crippen LogP contribution in [0.2, 0.25) is 0 Å². The highest BCUT2D eigenvalue weighted by molar-refractivity contribution is 8.00. The first-order valence-corrected chi connectivity index (χ1v) is 12.6. The molecular formula is C24H29ClN6O4S. The topological polar surface area (TPSA) is 111 Å². The van der Waals surface area contributed by atoms with Crippen molar-refractivity contribution < 1.29 is 14.3 Å². The van der Waals surface area contributed by atoms with Gasteiger partial charge in [0.1, 0.15) is 11.6 Å². The van der Waals surface area contributed by atoms with Gasteiger partial charge in [0.2, 0.25) is 5.91 Å². The van der Waals surface area contributed by atoms with Gasteiger partial charge in [-0.1, -0.05) is 0 Å². The number of nitrogens with one attached hydrogen (secondary N) is 2. The molecule has 3 aromatic heterocycles. The van der Waals surface area contributed by atoms with Gasteiger partial charge < -0.3 is 24.7 Å². The number of pyridine rings is 3. The van der Waals surface area contributed by atoms with E-state index in [1.165, 1.54) is 11.8 Å². The summed E-state index contributed by atoms with van der Waals surface area (Å²) < 4.78 is 13.0. The third kappa shape index (κ3) is 6.16. The van der Waals surface area contributed by atoms with Crippen LogP contribution in [0, 0.1) is 0 Å². The van der Waals surface area contributed by atoms with Gasteiger partial charge in [-0.15, -0.1) is 24.2 Å². The molecule has 192 valence electrons. The minimum atomic E-state index is -0.0498. The van der Waals surface area contributed by atoms with Gasteiger partial charge in [0, 0.05) is 51.4 Å². The maximum atomic E-state index is 12.6. The summed E-state index contributed by atoms with van der Waals surface area (Å²) in [6.07, 6.45) is 1.70. The third-order valence-electron chi connectivity index (χ3n) is 6.12. The SMILES string of the molecule is COc1cnc2ccc(=O)n(CCN3CCO[C@@H](CNCc4ccc5c(n4)NC(=O)CS5)C3)c2c1.Cl. The van der Waals surface area contributed by atoms with Crippen molar-refractivity contribution in [1.82, 2.24) is 24.8 Å². The first-order valence-electron chi connectivity index (χ1n) is 11.6. The second-order valence-electron chi connectivity index (χ2n) is 8.51. The van der Waals surface area contributed by atoms with Crippen LogP contribution in [0.1, 0.15) is 5.69 Å². The molecule has 0 bridgehead atoms. The fourth-order valence-corrected chi connectivity index (χ4v) is 5.06. The van der Waals surface area contributed by atoms with Gasteiger partial charge >= 0.3 is 0 Å². The molecule has 1 fully saturated rings. The van der Waals surface area contributed by atoms with Crippen LogP contribution in [0.5, 0.6) is 5.75 Å². The lowest BCUT2D eigenvalue weighted by Crippen LogP contribution is -2.47. The average Bonchev–Trinajstić information content (AvgIpc) is 2.88. The van der Waals surface area contributed by atoms with Crippen molar-refractivity contribution in [2.75, 3.05) is 51.0 Å². The molecule has 2 N–H and O–H groups in total. The van der Waals surface area contributed by atoms with Crippen molar-refractivity contribution in [2.45, 2.75) is 24.1 Å². The van der Waals surface area contributed by atoms with Gasteiger partial charge in [-0.05, 0) is 18.2 Å². The van der Waals surface area contributed by atoms with E-state index in [0.717, 1.165) is 41.3 Å². The van der Waals surface area contributed by atoms with Crippen molar-refractivity contribution in [3.8, 4) is 5.75 Å². The number of thioether (sulfide) groups is 1. The number of methoxy groups -OCH3 is 1. The molecule has 0 saturated carbocycles. The quantitative estimate of drug-likeness (QED) is 0.448. The van der Waals surface area contributed by atoms with Gasteiger partial charge in [-0.25, -0.2) is 4.98 Å². The van der Waals surface area contributed by atoms with Gasteiger partial charge in [-0.2, -0.15) is 0 Å². The summed E-state index contributed by atoms with van der Waals surface area (Å²) in [5.41, 5.74) is 2.36. The average molecular weight is 533 g/mol. The number of hydrogen-bond acceptors (Lipinski definition) is 9. The molecule has 5 rings (SSSR count). The van der Waals surface area contributed by atoms with Crippen molar-refractivity contribution in [1.29, 1.82) is 0 Å². The number of carbonyl (C=O) groups is 1. The number of aromatic nitrogens is 3. The third-order valence-corrected chi connectivity index (χ3v) is 7.17. The van der Waals surface area contributed by atoms with Crippen molar-refractivity contribution in [3.05, 3.63) is 52.6 Å². The van der Waals surface area contributed by atoms with Crippen LogP contribution < -0.4 is 20.9 Å². The number of amides is 1. The van der Waals surface area contributed by atoms with E-state index in [9.17, 15) is 9.59 Å². The summed E-state index contributed by atoms with van der Waals surface area (Å²) in [7, 11) is 1.59. The van der Waals surface area contributed by atoms with E-state index in [0.29, 0.717) is 43.6 Å². The van der Waals surface area contributed by atoms with E-state index < -0.39 is 0 Å². The molecule has 2 aliphatic rings. The number of nitrogens with zero attached hydrogens (tertiary/aromatic N) is 4. The van der Waals surface area contributed by atoms with E-state index in [1.807, 2.05) is 18.2 Å². The van der Waals surface area contributed by atoms with Crippen LogP contribution in [-0.4, -0.2) is 77.1 Å². The first-order chi connectivity index (χ1) is 17.1. The largest absolute Gasteiger partial charge is 0.495 e. The molecular weight excluding hydrogens is 504 g/mol. The Morgan fingerprint density at radius 1 is 1.25 bits per heavy atom. The van der Waals surface area contributed by atoms with E-state index >= 15 is 0 Å². The number of hydrogen-bond donors (Lipinski definition) is 2. The summed E-state index contributed by atoms with van der Waals surface area (Å²) in [6, 6.07) is 9.15. The molecule has 5 heterocycles. The predicted octanol–water partition coefficient (Wildman–Crippen LogP) is 1.76. The molecule has 1 atom stereocenters. The fourth-order valence-electron chi connectivity index (χ4n) is 4.30. The van der Waals surface area contributed by atoms with Gasteiger partial charge in [0.15, 0.2) is 0 Å². The van der Waals surface area contributed by atoms with Crippen LogP contribution >= 0.6 is 24.2 Å². The molecule has 2 aliphatic heterocycles. The maximum Gasteiger partial charge on any atom is 0.251 e. The van der Waals surface area contributed by atoms with Crippen LogP contribution in [0.3, 0.4) is 0 Å². The monoisotopic (exact) mass is 532 g/mol. The minimum absolute atomic E-state index is 0. The summed E-state index contributed by atoms with van der Waals surface area (Å²) in [4.78, 5) is 36.4. The molecule has 1 amide bonds. The maximum absolute atomic E-state index is 12.6. The molecule has 0 radical (unpaired) electrons. The van der Waals surface area contributed by atoms with Crippen LogP contribution in [0.15, 0.2) is 46.2 Å². The second kappa shape index (κ2) is 12.0. The number of anilines is 1. The Balaban J connectivity index is 0.00000304. The van der Waals surface area contributed by atoms with Gasteiger partial charge in [-0.3, -0.25) is 19.5 Å². The standard InChI is InChI=1S/C24H28N6O4S.ClH/c1-33-17-10-20-19(26-13-17)3-5-23(32)30(20)7-6-29-8-9-34-18(14-29)12-25-11-16-2-4-21-24(27-16)28-22(31)15-35-21;/h2-5,10,13,18,25H,6-9,11-12,14-15H2,1H3,(H,27,28,31);1H/t18-;/m0./s1. The number of halogens is 1. The normalized spacial score (nSPS) is 17.8. The van der Waals surface area contributed by atoms with E-state index in [1.54, 1.807) is 30.0 Å². The molecule has 0 unspecified atom stereocenters. The van der Waals surface area contributed by atoms with E-state index in [2.05, 4.69) is 25.5 Å². The second-order valence-corrected chi connectivity index (χ2v) is 9.53. The summed E-state index contributed by atoms with van der Waals surface area (Å²) >= 11 is 1.51. The zero-order chi connectivity index (χ0) is 24.2. The molecule has 10 nitrogen and oxygen atoms in total. The first kappa shape index (κ1) is 26.4. The molecule has 3 aromatic rings. The Hall–Kier alpha value is -2.70. The number of carbonyl (C=O) groups excluding carboxylic acids is 1. The van der Waals surface area contributed by atoms with Crippen LogP contribution in [0.4, 0.5) is 5.82 Å². The molecule has 36 heavy (non-hydrogen) atoms. The van der Waals surface area contributed by atoms with Crippen molar-refractivity contribution in [3.63, 3.8) is 0 Å². The zero-order valence-corrected chi connectivity index (χ0v) is 21.6. The van der Waals surface area contributed by atoms with E-state index in [4.69, 9.17) is 9.47 Å². The van der Waals surface area contributed by atoms with Crippen molar-refractivity contribution in [2.24, 2.45) is 0 Å². The van der Waals surface area contributed by atoms with Crippen LogP contribution in [-0.2, 0) is 22.6 Å². The minimum Gasteiger partial charge on any atom is -0.495 e. The molecule has 1 saturated heterocycles. The smallest absolute Gasteiger partial charge is 0.251 e. The molecule has 12 heteroatoms. The Bertz CT molecular complexity index is 1290. The summed E-state index contributed by atoms with van der Waals surface area (Å²) in [5.74, 6) is 1.69. The van der Waals surface area contributed by atoms with E-state index in [-0.39, 0.29) is 30.0 Å². The Kier molecular flexibility index (Phi) is 8.81. The fraction of sp³-hybridized carbons (Fsp3) is 0.417. The lowest BCUT2D eigenvalue weighted by molar-refractivity contribution is -0.113. The number of morpholine rings is 1.